The smallest absolute Gasteiger partial charge is 0.334 e. The number of carbonyl (C=O) groups is 3. The number of esters is 2. The van der Waals surface area contributed by atoms with Crippen molar-refractivity contribution in [2.24, 2.45) is 0 Å². The molecule has 0 fully saturated rings. The molecule has 0 saturated heterocycles. The molecule has 7 heteroatoms. The summed E-state index contributed by atoms with van der Waals surface area (Å²) in [5.74, 6) is -1.27. The maximum atomic E-state index is 12.4. The van der Waals surface area contributed by atoms with Crippen LogP contribution < -0.4 is 4.74 Å². The maximum absolute atomic E-state index is 12.4. The topological polar surface area (TPSA) is 99.1 Å². The van der Waals surface area contributed by atoms with Crippen molar-refractivity contribution in [1.29, 1.82) is 0 Å². The highest BCUT2D eigenvalue weighted by Gasteiger charge is 2.39. The molecule has 2 atom stereocenters. The summed E-state index contributed by atoms with van der Waals surface area (Å²) in [5.41, 5.74) is 1.47. The monoisotopic (exact) mass is 374 g/mol. The Morgan fingerprint density at radius 3 is 2.44 bits per heavy atom. The van der Waals surface area contributed by atoms with E-state index in [9.17, 15) is 19.5 Å². The number of rotatable bonds is 6. The van der Waals surface area contributed by atoms with Crippen molar-refractivity contribution >= 4 is 17.7 Å². The van der Waals surface area contributed by atoms with Crippen molar-refractivity contribution < 1.29 is 33.7 Å². The van der Waals surface area contributed by atoms with Gasteiger partial charge in [-0.05, 0) is 38.5 Å². The molecule has 1 aliphatic rings. The molecular formula is C20H22O7. The van der Waals surface area contributed by atoms with Crippen LogP contribution in [-0.4, -0.2) is 35.5 Å². The first-order chi connectivity index (χ1) is 12.6. The van der Waals surface area contributed by atoms with E-state index in [4.69, 9.17) is 14.2 Å². The number of phenolic OH excluding ortho intramolecular Hbond substituents is 1. The molecule has 0 spiro atoms. The van der Waals surface area contributed by atoms with E-state index < -0.39 is 24.1 Å². The minimum absolute atomic E-state index is 0.0414. The Hall–Kier alpha value is -3.09. The molecule has 1 aromatic carbocycles. The molecule has 0 bridgehead atoms. The van der Waals surface area contributed by atoms with Crippen molar-refractivity contribution in [1.82, 2.24) is 0 Å². The lowest BCUT2D eigenvalue weighted by Crippen LogP contribution is -2.24. The van der Waals surface area contributed by atoms with Gasteiger partial charge in [0, 0.05) is 24.1 Å². The molecule has 2 rings (SSSR count). The lowest BCUT2D eigenvalue weighted by molar-refractivity contribution is -0.147. The number of aromatic hydroxyl groups is 1. The van der Waals surface area contributed by atoms with E-state index in [0.29, 0.717) is 16.9 Å². The Bertz CT molecular complexity index is 835. The standard InChI is InChI=1S/C20H22O7/c1-10(2)18-19(27-20(24)11(3)6-7-25-13(5)22)15-8-14(12(4)21)16(23)9-17(15)26-18/h6,8-9,18-19,23H,1,7H2,2-5H3/t18-,19+/m1/s1. The number of benzene rings is 1. The zero-order valence-corrected chi connectivity index (χ0v) is 15.7. The number of hydrogen-bond donors (Lipinski definition) is 1. The largest absolute Gasteiger partial charge is 0.507 e. The van der Waals surface area contributed by atoms with E-state index in [-0.39, 0.29) is 29.3 Å². The van der Waals surface area contributed by atoms with Crippen LogP contribution in [0.2, 0.25) is 0 Å². The van der Waals surface area contributed by atoms with Crippen molar-refractivity contribution in [2.45, 2.75) is 39.9 Å². The van der Waals surface area contributed by atoms with E-state index in [1.165, 1.54) is 39.0 Å². The second kappa shape index (κ2) is 8.07. The molecule has 0 aromatic heterocycles. The van der Waals surface area contributed by atoms with Gasteiger partial charge in [0.2, 0.25) is 0 Å². The van der Waals surface area contributed by atoms with Crippen LogP contribution in [0.3, 0.4) is 0 Å². The lowest BCUT2D eigenvalue weighted by atomic mass is 9.98. The molecule has 7 nitrogen and oxygen atoms in total. The average Bonchev–Trinajstić information content (AvgIpc) is 2.91. The summed E-state index contributed by atoms with van der Waals surface area (Å²) < 4.78 is 16.1. The Morgan fingerprint density at radius 1 is 1.22 bits per heavy atom. The van der Waals surface area contributed by atoms with Gasteiger partial charge in [-0.3, -0.25) is 9.59 Å². The van der Waals surface area contributed by atoms with Gasteiger partial charge in [0.1, 0.15) is 18.1 Å². The van der Waals surface area contributed by atoms with Gasteiger partial charge in [-0.15, -0.1) is 0 Å². The quantitative estimate of drug-likeness (QED) is 0.354. The van der Waals surface area contributed by atoms with Crippen molar-refractivity contribution in [3.8, 4) is 11.5 Å². The fourth-order valence-corrected chi connectivity index (χ4v) is 2.61. The summed E-state index contributed by atoms with van der Waals surface area (Å²) in [5, 5.41) is 9.99. The average molecular weight is 374 g/mol. The van der Waals surface area contributed by atoms with Gasteiger partial charge in [0.15, 0.2) is 18.0 Å². The highest BCUT2D eigenvalue weighted by atomic mass is 16.6. The van der Waals surface area contributed by atoms with E-state index >= 15 is 0 Å². The fraction of sp³-hybridized carbons (Fsp3) is 0.350. The summed E-state index contributed by atoms with van der Waals surface area (Å²) >= 11 is 0. The van der Waals surface area contributed by atoms with Gasteiger partial charge in [-0.1, -0.05) is 6.58 Å². The van der Waals surface area contributed by atoms with Gasteiger partial charge < -0.3 is 19.3 Å². The third-order valence-corrected chi connectivity index (χ3v) is 4.06. The SMILES string of the molecule is C=C(C)[C@H]1Oc2cc(O)c(C(C)=O)cc2[C@@H]1OC(=O)C(C)=CCOC(C)=O. The zero-order chi connectivity index (χ0) is 20.3. The number of Topliss-reactive ketones (excluding diaryl/α,β-unsaturated/α-hetero) is 1. The highest BCUT2D eigenvalue weighted by Crippen LogP contribution is 2.44. The molecule has 27 heavy (non-hydrogen) atoms. The molecule has 144 valence electrons. The molecule has 0 saturated carbocycles. The number of ketones is 1. The van der Waals surface area contributed by atoms with Gasteiger partial charge >= 0.3 is 11.9 Å². The number of phenols is 1. The first-order valence-corrected chi connectivity index (χ1v) is 8.32. The normalized spacial score (nSPS) is 18.3. The summed E-state index contributed by atoms with van der Waals surface area (Å²) in [4.78, 5) is 34.9. The Kier molecular flexibility index (Phi) is 6.05. The molecule has 1 N–H and O–H groups in total. The molecule has 0 unspecified atom stereocenters. The Morgan fingerprint density at radius 2 is 1.89 bits per heavy atom. The predicted molar refractivity (Wildman–Crippen MR) is 96.6 cm³/mol. The molecule has 0 aliphatic carbocycles. The van der Waals surface area contributed by atoms with E-state index in [2.05, 4.69) is 6.58 Å². The maximum Gasteiger partial charge on any atom is 0.334 e. The third kappa shape index (κ3) is 4.55. The van der Waals surface area contributed by atoms with E-state index in [0.717, 1.165) is 0 Å². The first-order valence-electron chi connectivity index (χ1n) is 8.32. The zero-order valence-electron chi connectivity index (χ0n) is 15.7. The Balaban J connectivity index is 2.30. The minimum Gasteiger partial charge on any atom is -0.507 e. The van der Waals surface area contributed by atoms with Crippen molar-refractivity contribution in [2.75, 3.05) is 6.61 Å². The number of fused-ring (bicyclic) bond motifs is 1. The molecular weight excluding hydrogens is 352 g/mol. The van der Waals surface area contributed by atoms with Gasteiger partial charge in [0.25, 0.3) is 0 Å². The summed E-state index contributed by atoms with van der Waals surface area (Å²) in [6.07, 6.45) is -0.0266. The fourth-order valence-electron chi connectivity index (χ4n) is 2.61. The van der Waals surface area contributed by atoms with Crippen LogP contribution in [0.25, 0.3) is 0 Å². The number of hydrogen-bond acceptors (Lipinski definition) is 7. The molecule has 1 aromatic rings. The van der Waals surface area contributed by atoms with Crippen LogP contribution in [0.15, 0.2) is 35.9 Å². The molecule has 0 amide bonds. The van der Waals surface area contributed by atoms with Gasteiger partial charge in [-0.2, -0.15) is 0 Å². The second-order valence-electron chi connectivity index (χ2n) is 6.36. The van der Waals surface area contributed by atoms with Crippen LogP contribution in [0.1, 0.15) is 49.7 Å². The van der Waals surface area contributed by atoms with E-state index in [1.807, 2.05) is 0 Å². The van der Waals surface area contributed by atoms with Crippen LogP contribution in [0, 0.1) is 0 Å². The third-order valence-electron chi connectivity index (χ3n) is 4.06. The van der Waals surface area contributed by atoms with E-state index in [1.54, 1.807) is 6.92 Å². The second-order valence-corrected chi connectivity index (χ2v) is 6.36. The van der Waals surface area contributed by atoms with Gasteiger partial charge in [0.05, 0.1) is 5.56 Å². The van der Waals surface area contributed by atoms with Gasteiger partial charge in [-0.25, -0.2) is 4.79 Å². The molecule has 1 heterocycles. The van der Waals surface area contributed by atoms with Crippen molar-refractivity contribution in [3.63, 3.8) is 0 Å². The van der Waals surface area contributed by atoms with Crippen LogP contribution in [0.4, 0.5) is 0 Å². The van der Waals surface area contributed by atoms with Crippen LogP contribution in [0.5, 0.6) is 11.5 Å². The predicted octanol–water partition coefficient (Wildman–Crippen LogP) is 3.03. The number of ether oxygens (including phenoxy) is 3. The Labute approximate surface area is 157 Å². The van der Waals surface area contributed by atoms with Crippen LogP contribution >= 0.6 is 0 Å². The summed E-state index contributed by atoms with van der Waals surface area (Å²) in [6.45, 7) is 9.68. The molecule has 0 radical (unpaired) electrons. The molecule has 1 aliphatic heterocycles. The first kappa shape index (κ1) is 20.2. The summed E-state index contributed by atoms with van der Waals surface area (Å²) in [6, 6.07) is 2.80. The summed E-state index contributed by atoms with van der Waals surface area (Å²) in [7, 11) is 0. The highest BCUT2D eigenvalue weighted by molar-refractivity contribution is 5.97. The van der Waals surface area contributed by atoms with Crippen LogP contribution in [-0.2, 0) is 19.1 Å². The lowest BCUT2D eigenvalue weighted by Gasteiger charge is -2.20. The minimum atomic E-state index is -0.819. The van der Waals surface area contributed by atoms with Crippen molar-refractivity contribution in [3.05, 3.63) is 47.1 Å². The number of carbonyl (C=O) groups excluding carboxylic acids is 3.